The number of nitrogens with one attached hydrogen (secondary N) is 3. The second-order valence-corrected chi connectivity index (χ2v) is 5.40. The van der Waals surface area contributed by atoms with Crippen molar-refractivity contribution in [2.75, 3.05) is 51.7 Å². The number of hydrogen-bond donors (Lipinski definition) is 3. The number of nitriles is 1. The van der Waals surface area contributed by atoms with Crippen molar-refractivity contribution in [3.8, 4) is 11.8 Å². The lowest BCUT2D eigenvalue weighted by molar-refractivity contribution is -0.112. The highest BCUT2D eigenvalue weighted by atomic mass is 16.5. The Hall–Kier alpha value is -2.56. The van der Waals surface area contributed by atoms with Gasteiger partial charge in [-0.2, -0.15) is 5.26 Å². The van der Waals surface area contributed by atoms with Gasteiger partial charge in [-0.15, -0.1) is 0 Å². The molecule has 0 aliphatic carbocycles. The summed E-state index contributed by atoms with van der Waals surface area (Å²) in [6.07, 6.45) is 1.47. The lowest BCUT2D eigenvalue weighted by atomic mass is 10.2. The number of amides is 1. The van der Waals surface area contributed by atoms with E-state index in [1.807, 2.05) is 6.07 Å². The lowest BCUT2D eigenvalue weighted by Crippen LogP contribution is -2.45. The van der Waals surface area contributed by atoms with Crippen LogP contribution in [-0.2, 0) is 4.79 Å². The molecule has 1 aliphatic heterocycles. The third kappa shape index (κ3) is 5.57. The molecule has 1 aromatic rings. The molecule has 0 radical (unpaired) electrons. The van der Waals surface area contributed by atoms with Gasteiger partial charge in [-0.05, 0) is 24.3 Å². The summed E-state index contributed by atoms with van der Waals surface area (Å²) in [5, 5.41) is 18.2. The van der Waals surface area contributed by atoms with Crippen molar-refractivity contribution in [2.24, 2.45) is 0 Å². The molecule has 128 valence electrons. The third-order valence-corrected chi connectivity index (χ3v) is 3.74. The molecule has 2 rings (SSSR count). The Balaban J connectivity index is 1.80. The van der Waals surface area contributed by atoms with Crippen molar-refractivity contribution < 1.29 is 9.53 Å². The van der Waals surface area contributed by atoms with E-state index in [0.717, 1.165) is 32.7 Å². The summed E-state index contributed by atoms with van der Waals surface area (Å²) in [6, 6.07) is 8.87. The minimum Gasteiger partial charge on any atom is -0.497 e. The number of nitrogens with zero attached hydrogens (tertiary/aromatic N) is 2. The van der Waals surface area contributed by atoms with E-state index >= 15 is 0 Å². The van der Waals surface area contributed by atoms with Gasteiger partial charge in [0.1, 0.15) is 17.4 Å². The Morgan fingerprint density at radius 3 is 2.71 bits per heavy atom. The smallest absolute Gasteiger partial charge is 0.267 e. The predicted octanol–water partition coefficient (Wildman–Crippen LogP) is 0.536. The van der Waals surface area contributed by atoms with Crippen LogP contribution in [0, 0.1) is 11.3 Å². The van der Waals surface area contributed by atoms with Gasteiger partial charge in [0, 0.05) is 51.2 Å². The normalized spacial score (nSPS) is 15.4. The van der Waals surface area contributed by atoms with E-state index in [1.165, 1.54) is 6.20 Å². The minimum atomic E-state index is -0.433. The Kier molecular flexibility index (Phi) is 7.08. The molecule has 1 aliphatic rings. The van der Waals surface area contributed by atoms with Gasteiger partial charge in [0.2, 0.25) is 0 Å². The van der Waals surface area contributed by atoms with E-state index in [0.29, 0.717) is 18.0 Å². The number of ether oxygens (including phenoxy) is 1. The molecule has 7 heteroatoms. The van der Waals surface area contributed by atoms with Gasteiger partial charge in [0.15, 0.2) is 0 Å². The molecule has 0 bridgehead atoms. The van der Waals surface area contributed by atoms with E-state index < -0.39 is 5.91 Å². The first-order valence-electron chi connectivity index (χ1n) is 7.95. The van der Waals surface area contributed by atoms with Crippen LogP contribution >= 0.6 is 0 Å². The fraction of sp³-hybridized carbons (Fsp3) is 0.412. The van der Waals surface area contributed by atoms with Crippen LogP contribution in [0.15, 0.2) is 36.0 Å². The van der Waals surface area contributed by atoms with Crippen LogP contribution in [0.3, 0.4) is 0 Å². The molecule has 0 spiro atoms. The third-order valence-electron chi connectivity index (χ3n) is 3.74. The minimum absolute atomic E-state index is 0.0473. The molecule has 0 aromatic heterocycles. The monoisotopic (exact) mass is 329 g/mol. The van der Waals surface area contributed by atoms with Crippen LogP contribution in [0.5, 0.6) is 5.75 Å². The second kappa shape index (κ2) is 9.55. The van der Waals surface area contributed by atoms with Gasteiger partial charge in [0.25, 0.3) is 5.91 Å². The number of piperazine rings is 1. The van der Waals surface area contributed by atoms with Crippen molar-refractivity contribution in [1.82, 2.24) is 15.5 Å². The maximum Gasteiger partial charge on any atom is 0.267 e. The van der Waals surface area contributed by atoms with Gasteiger partial charge in [0.05, 0.1) is 7.11 Å². The fourth-order valence-electron chi connectivity index (χ4n) is 2.35. The number of benzene rings is 1. The van der Waals surface area contributed by atoms with Gasteiger partial charge in [-0.1, -0.05) is 0 Å². The van der Waals surface area contributed by atoms with E-state index in [9.17, 15) is 4.79 Å². The first-order chi connectivity index (χ1) is 11.7. The highest BCUT2D eigenvalue weighted by Crippen LogP contribution is 2.15. The molecular weight excluding hydrogens is 306 g/mol. The van der Waals surface area contributed by atoms with Crippen molar-refractivity contribution in [3.05, 3.63) is 36.0 Å². The number of methoxy groups -OCH3 is 1. The first-order valence-corrected chi connectivity index (χ1v) is 7.95. The van der Waals surface area contributed by atoms with Gasteiger partial charge >= 0.3 is 0 Å². The highest BCUT2D eigenvalue weighted by molar-refractivity contribution is 6.06. The standard InChI is InChI=1S/C17H23N5O2/c1-24-16-4-2-15(3-5-16)21-17(23)14(12-18)13-20-8-11-22-9-6-19-7-10-22/h2-5,13,19-20H,6-11H2,1H3,(H,21,23)/b14-13-. The Bertz CT molecular complexity index is 600. The summed E-state index contributed by atoms with van der Waals surface area (Å²) in [6.45, 7) is 5.63. The zero-order valence-corrected chi connectivity index (χ0v) is 13.8. The molecule has 1 aromatic carbocycles. The maximum absolute atomic E-state index is 12.1. The van der Waals surface area contributed by atoms with Crippen LogP contribution in [-0.4, -0.2) is 57.2 Å². The summed E-state index contributed by atoms with van der Waals surface area (Å²) >= 11 is 0. The van der Waals surface area contributed by atoms with Crippen LogP contribution in [0.1, 0.15) is 0 Å². The molecule has 7 nitrogen and oxygen atoms in total. The van der Waals surface area contributed by atoms with E-state index in [-0.39, 0.29) is 5.57 Å². The van der Waals surface area contributed by atoms with Crippen LogP contribution < -0.4 is 20.7 Å². The lowest BCUT2D eigenvalue weighted by Gasteiger charge is -2.26. The Labute approximate surface area is 142 Å². The van der Waals surface area contributed by atoms with Crippen LogP contribution in [0.25, 0.3) is 0 Å². The second-order valence-electron chi connectivity index (χ2n) is 5.40. The molecule has 0 saturated carbocycles. The molecule has 1 heterocycles. The Morgan fingerprint density at radius 2 is 2.08 bits per heavy atom. The number of carbonyl (C=O) groups is 1. The van der Waals surface area contributed by atoms with Crippen LogP contribution in [0.4, 0.5) is 5.69 Å². The number of hydrogen-bond acceptors (Lipinski definition) is 6. The summed E-state index contributed by atoms with van der Waals surface area (Å²) in [5.41, 5.74) is 0.661. The van der Waals surface area contributed by atoms with Crippen molar-refractivity contribution in [3.63, 3.8) is 0 Å². The molecule has 1 fully saturated rings. The van der Waals surface area contributed by atoms with Gasteiger partial charge in [-0.3, -0.25) is 9.69 Å². The fourth-order valence-corrected chi connectivity index (χ4v) is 2.35. The molecule has 24 heavy (non-hydrogen) atoms. The van der Waals surface area contributed by atoms with E-state index in [1.54, 1.807) is 31.4 Å². The quantitative estimate of drug-likeness (QED) is 0.384. The highest BCUT2D eigenvalue weighted by Gasteiger charge is 2.10. The van der Waals surface area contributed by atoms with E-state index in [4.69, 9.17) is 10.00 Å². The Morgan fingerprint density at radius 1 is 1.38 bits per heavy atom. The summed E-state index contributed by atoms with van der Waals surface area (Å²) in [5.74, 6) is 0.274. The number of anilines is 1. The molecule has 3 N–H and O–H groups in total. The van der Waals surface area contributed by atoms with Gasteiger partial charge in [-0.25, -0.2) is 0 Å². The average molecular weight is 329 g/mol. The molecular formula is C17H23N5O2. The van der Waals surface area contributed by atoms with Crippen molar-refractivity contribution in [2.45, 2.75) is 0 Å². The van der Waals surface area contributed by atoms with Gasteiger partial charge < -0.3 is 20.7 Å². The largest absolute Gasteiger partial charge is 0.497 e. The summed E-state index contributed by atoms with van der Waals surface area (Å²) in [4.78, 5) is 14.4. The molecule has 0 atom stereocenters. The number of rotatable bonds is 7. The van der Waals surface area contributed by atoms with E-state index in [2.05, 4.69) is 20.9 Å². The van der Waals surface area contributed by atoms with Crippen LogP contribution in [0.2, 0.25) is 0 Å². The maximum atomic E-state index is 12.1. The number of carbonyl (C=O) groups excluding carboxylic acids is 1. The molecule has 1 saturated heterocycles. The van der Waals surface area contributed by atoms with Crippen molar-refractivity contribution >= 4 is 11.6 Å². The zero-order valence-electron chi connectivity index (χ0n) is 13.8. The predicted molar refractivity (Wildman–Crippen MR) is 92.6 cm³/mol. The molecule has 1 amide bonds. The average Bonchev–Trinajstić information content (AvgIpc) is 2.63. The zero-order chi connectivity index (χ0) is 17.2. The SMILES string of the molecule is COc1ccc(NC(=O)/C(C#N)=C\NCCN2CCNCC2)cc1. The summed E-state index contributed by atoms with van der Waals surface area (Å²) in [7, 11) is 1.58. The first kappa shape index (κ1) is 17.8. The topological polar surface area (TPSA) is 89.4 Å². The summed E-state index contributed by atoms with van der Waals surface area (Å²) < 4.78 is 5.06. The van der Waals surface area contributed by atoms with Crippen molar-refractivity contribution in [1.29, 1.82) is 5.26 Å². The molecule has 0 unspecified atom stereocenters.